The van der Waals surface area contributed by atoms with Crippen LogP contribution in [0.1, 0.15) is 16.2 Å². The van der Waals surface area contributed by atoms with Gasteiger partial charge in [-0.25, -0.2) is 4.98 Å². The molecule has 0 aliphatic heterocycles. The van der Waals surface area contributed by atoms with Gasteiger partial charge in [0, 0.05) is 16.1 Å². The second-order valence-electron chi connectivity index (χ2n) is 5.59. The standard InChI is InChI=1S/C19H16ClN3O4/c20-14-5-1-12(2-6-14)16-9-22-18(27-16)11-26-15-7-3-13(4-8-15)19(25)23-10-17(21)24/h1-9H,10-11H2,(H2,21,24)(H,23,25). The number of nitrogens with zero attached hydrogens (tertiary/aromatic N) is 1. The van der Waals surface area contributed by atoms with Crippen LogP contribution in [0.25, 0.3) is 11.3 Å². The molecule has 3 N–H and O–H groups in total. The quantitative estimate of drug-likeness (QED) is 0.650. The number of ether oxygens (including phenoxy) is 1. The first-order chi connectivity index (χ1) is 13.0. The molecule has 0 aliphatic rings. The molecule has 0 fully saturated rings. The summed E-state index contributed by atoms with van der Waals surface area (Å²) >= 11 is 5.87. The topological polar surface area (TPSA) is 107 Å². The SMILES string of the molecule is NC(=O)CNC(=O)c1ccc(OCc2ncc(-c3ccc(Cl)cc3)o2)cc1. The number of rotatable bonds is 7. The number of halogens is 1. The van der Waals surface area contributed by atoms with Crippen LogP contribution in [0, 0.1) is 0 Å². The number of primary amides is 1. The molecule has 0 spiro atoms. The Morgan fingerprint density at radius 1 is 1.11 bits per heavy atom. The Kier molecular flexibility index (Phi) is 5.73. The molecule has 3 rings (SSSR count). The van der Waals surface area contributed by atoms with Crippen LogP contribution < -0.4 is 15.8 Å². The molecule has 0 aliphatic carbocycles. The van der Waals surface area contributed by atoms with Crippen molar-refractivity contribution in [3.8, 4) is 17.1 Å². The highest BCUT2D eigenvalue weighted by molar-refractivity contribution is 6.30. The molecule has 7 nitrogen and oxygen atoms in total. The van der Waals surface area contributed by atoms with Gasteiger partial charge in [0.25, 0.3) is 5.91 Å². The highest BCUT2D eigenvalue weighted by atomic mass is 35.5. The first-order valence-corrected chi connectivity index (χ1v) is 8.39. The predicted molar refractivity (Wildman–Crippen MR) is 99.3 cm³/mol. The Morgan fingerprint density at radius 3 is 2.48 bits per heavy atom. The van der Waals surface area contributed by atoms with Crippen molar-refractivity contribution < 1.29 is 18.7 Å². The van der Waals surface area contributed by atoms with E-state index in [9.17, 15) is 9.59 Å². The average Bonchev–Trinajstić information content (AvgIpc) is 3.14. The summed E-state index contributed by atoms with van der Waals surface area (Å²) in [6.07, 6.45) is 1.62. The summed E-state index contributed by atoms with van der Waals surface area (Å²) in [5.74, 6) is 0.593. The number of amides is 2. The van der Waals surface area contributed by atoms with E-state index in [-0.39, 0.29) is 19.1 Å². The fourth-order valence-corrected chi connectivity index (χ4v) is 2.37. The Labute approximate surface area is 160 Å². The Bertz CT molecular complexity index is 936. The zero-order valence-corrected chi connectivity index (χ0v) is 14.9. The van der Waals surface area contributed by atoms with Gasteiger partial charge in [-0.3, -0.25) is 9.59 Å². The van der Waals surface area contributed by atoms with Crippen molar-refractivity contribution in [2.75, 3.05) is 6.54 Å². The zero-order chi connectivity index (χ0) is 19.2. The first kappa shape index (κ1) is 18.5. The fourth-order valence-electron chi connectivity index (χ4n) is 2.24. The van der Waals surface area contributed by atoms with Crippen LogP contribution in [0.2, 0.25) is 5.02 Å². The number of nitrogens with one attached hydrogen (secondary N) is 1. The lowest BCUT2D eigenvalue weighted by Gasteiger charge is -2.06. The molecular formula is C19H16ClN3O4. The smallest absolute Gasteiger partial charge is 0.251 e. The second kappa shape index (κ2) is 8.37. The van der Waals surface area contributed by atoms with Gasteiger partial charge in [0.05, 0.1) is 12.7 Å². The Hall–Kier alpha value is -3.32. The highest BCUT2D eigenvalue weighted by Crippen LogP contribution is 2.23. The lowest BCUT2D eigenvalue weighted by molar-refractivity contribution is -0.117. The third kappa shape index (κ3) is 5.08. The van der Waals surface area contributed by atoms with E-state index in [0.717, 1.165) is 5.56 Å². The van der Waals surface area contributed by atoms with Gasteiger partial charge in [0.15, 0.2) is 12.4 Å². The number of carbonyl (C=O) groups is 2. The summed E-state index contributed by atoms with van der Waals surface area (Å²) in [4.78, 5) is 26.7. The number of oxazole rings is 1. The van der Waals surface area contributed by atoms with Gasteiger partial charge < -0.3 is 20.2 Å². The molecule has 1 aromatic heterocycles. The van der Waals surface area contributed by atoms with Gasteiger partial charge in [-0.05, 0) is 48.5 Å². The molecular weight excluding hydrogens is 370 g/mol. The molecule has 138 valence electrons. The van der Waals surface area contributed by atoms with E-state index in [1.54, 1.807) is 42.6 Å². The number of hydrogen-bond donors (Lipinski definition) is 2. The molecule has 2 aromatic carbocycles. The van der Waals surface area contributed by atoms with Crippen molar-refractivity contribution in [3.05, 3.63) is 71.2 Å². The van der Waals surface area contributed by atoms with Gasteiger partial charge in [-0.1, -0.05) is 11.6 Å². The third-order valence-electron chi connectivity index (χ3n) is 3.58. The lowest BCUT2D eigenvalue weighted by atomic mass is 10.2. The molecule has 2 amide bonds. The summed E-state index contributed by atoms with van der Waals surface area (Å²) in [7, 11) is 0. The number of benzene rings is 2. The summed E-state index contributed by atoms with van der Waals surface area (Å²) in [6.45, 7) is -0.0714. The monoisotopic (exact) mass is 385 g/mol. The minimum atomic E-state index is -0.604. The van der Waals surface area contributed by atoms with Crippen molar-refractivity contribution in [1.29, 1.82) is 0 Å². The summed E-state index contributed by atoms with van der Waals surface area (Å²) in [5, 5.41) is 3.06. The molecule has 3 aromatic rings. The van der Waals surface area contributed by atoms with E-state index in [2.05, 4.69) is 10.3 Å². The maximum atomic E-state index is 11.8. The van der Waals surface area contributed by atoms with E-state index >= 15 is 0 Å². The molecule has 0 saturated carbocycles. The largest absolute Gasteiger partial charge is 0.484 e. The lowest BCUT2D eigenvalue weighted by Crippen LogP contribution is -2.33. The molecule has 0 bridgehead atoms. The van der Waals surface area contributed by atoms with Gasteiger partial charge >= 0.3 is 0 Å². The van der Waals surface area contributed by atoms with Crippen LogP contribution in [0.5, 0.6) is 5.75 Å². The van der Waals surface area contributed by atoms with Crippen LogP contribution in [0.3, 0.4) is 0 Å². The van der Waals surface area contributed by atoms with Gasteiger partial charge in [-0.15, -0.1) is 0 Å². The molecule has 0 atom stereocenters. The minimum Gasteiger partial charge on any atom is -0.484 e. The van der Waals surface area contributed by atoms with E-state index in [0.29, 0.717) is 28.0 Å². The minimum absolute atomic E-state index is 0.140. The van der Waals surface area contributed by atoms with Crippen LogP contribution in [0.15, 0.2) is 59.1 Å². The van der Waals surface area contributed by atoms with Crippen molar-refractivity contribution in [1.82, 2.24) is 10.3 Å². The van der Waals surface area contributed by atoms with E-state index in [1.165, 1.54) is 0 Å². The van der Waals surface area contributed by atoms with Crippen LogP contribution in [-0.4, -0.2) is 23.3 Å². The number of nitrogens with two attached hydrogens (primary N) is 1. The van der Waals surface area contributed by atoms with Crippen molar-refractivity contribution in [3.63, 3.8) is 0 Å². The average molecular weight is 386 g/mol. The van der Waals surface area contributed by atoms with Gasteiger partial charge in [-0.2, -0.15) is 0 Å². The van der Waals surface area contributed by atoms with Crippen molar-refractivity contribution in [2.45, 2.75) is 6.61 Å². The molecule has 0 unspecified atom stereocenters. The maximum absolute atomic E-state index is 11.8. The molecule has 8 heteroatoms. The summed E-state index contributed by atoms with van der Waals surface area (Å²) in [6, 6.07) is 13.7. The number of aromatic nitrogens is 1. The van der Waals surface area contributed by atoms with Gasteiger partial charge in [0.2, 0.25) is 11.8 Å². The van der Waals surface area contributed by atoms with Crippen LogP contribution in [0.4, 0.5) is 0 Å². The van der Waals surface area contributed by atoms with E-state index in [4.69, 9.17) is 26.5 Å². The molecule has 1 heterocycles. The van der Waals surface area contributed by atoms with Crippen LogP contribution in [-0.2, 0) is 11.4 Å². The number of carbonyl (C=O) groups excluding carboxylic acids is 2. The van der Waals surface area contributed by atoms with E-state index in [1.807, 2.05) is 12.1 Å². The van der Waals surface area contributed by atoms with Crippen molar-refractivity contribution >= 4 is 23.4 Å². The zero-order valence-electron chi connectivity index (χ0n) is 14.1. The molecule has 27 heavy (non-hydrogen) atoms. The normalized spacial score (nSPS) is 10.4. The Balaban J connectivity index is 1.56. The Morgan fingerprint density at radius 2 is 1.81 bits per heavy atom. The summed E-state index contributed by atoms with van der Waals surface area (Å²) in [5.41, 5.74) is 6.25. The second-order valence-corrected chi connectivity index (χ2v) is 6.02. The summed E-state index contributed by atoms with van der Waals surface area (Å²) < 4.78 is 11.3. The van der Waals surface area contributed by atoms with E-state index < -0.39 is 5.91 Å². The highest BCUT2D eigenvalue weighted by Gasteiger charge is 2.09. The first-order valence-electron chi connectivity index (χ1n) is 8.01. The molecule has 0 radical (unpaired) electrons. The fraction of sp³-hybridized carbons (Fsp3) is 0.105. The third-order valence-corrected chi connectivity index (χ3v) is 3.84. The van der Waals surface area contributed by atoms with Crippen LogP contribution >= 0.6 is 11.6 Å². The van der Waals surface area contributed by atoms with Gasteiger partial charge in [0.1, 0.15) is 5.75 Å². The van der Waals surface area contributed by atoms with Crippen molar-refractivity contribution in [2.24, 2.45) is 5.73 Å². The number of hydrogen-bond acceptors (Lipinski definition) is 5. The molecule has 0 saturated heterocycles. The predicted octanol–water partition coefficient (Wildman–Crippen LogP) is 2.79. The maximum Gasteiger partial charge on any atom is 0.251 e.